The number of pyridine rings is 1. The van der Waals surface area contributed by atoms with Crippen LogP contribution in [0.5, 0.6) is 0 Å². The summed E-state index contributed by atoms with van der Waals surface area (Å²) >= 11 is 1.40. The molecule has 0 aliphatic rings. The highest BCUT2D eigenvalue weighted by Crippen LogP contribution is 2.29. The molecule has 0 radical (unpaired) electrons. The van der Waals surface area contributed by atoms with Crippen LogP contribution in [0.25, 0.3) is 21.5 Å². The van der Waals surface area contributed by atoms with Crippen LogP contribution in [-0.4, -0.2) is 37.8 Å². The van der Waals surface area contributed by atoms with Gasteiger partial charge in [-0.15, -0.1) is 10.2 Å². The van der Waals surface area contributed by atoms with E-state index in [1.165, 1.54) is 11.3 Å². The van der Waals surface area contributed by atoms with Gasteiger partial charge in [0.15, 0.2) is 0 Å². The Labute approximate surface area is 151 Å². The summed E-state index contributed by atoms with van der Waals surface area (Å²) in [6.45, 7) is -0.0974. The van der Waals surface area contributed by atoms with Crippen molar-refractivity contribution in [1.29, 1.82) is 0 Å². The summed E-state index contributed by atoms with van der Waals surface area (Å²) < 4.78 is 0. The summed E-state index contributed by atoms with van der Waals surface area (Å²) in [5.41, 5.74) is 7.97. The average molecular weight is 366 g/mol. The van der Waals surface area contributed by atoms with E-state index in [1.807, 2.05) is 18.2 Å². The molecule has 1 aromatic carbocycles. The summed E-state index contributed by atoms with van der Waals surface area (Å²) in [7, 11) is 0. The van der Waals surface area contributed by atoms with E-state index in [-0.39, 0.29) is 12.5 Å². The number of nitrogens with one attached hydrogen (secondary N) is 3. The van der Waals surface area contributed by atoms with Crippen LogP contribution in [-0.2, 0) is 4.79 Å². The van der Waals surface area contributed by atoms with Gasteiger partial charge < -0.3 is 16.4 Å². The zero-order valence-corrected chi connectivity index (χ0v) is 14.2. The van der Waals surface area contributed by atoms with Gasteiger partial charge in [-0.1, -0.05) is 11.3 Å². The maximum atomic E-state index is 11.4. The van der Waals surface area contributed by atoms with E-state index < -0.39 is 0 Å². The van der Waals surface area contributed by atoms with Crippen molar-refractivity contribution >= 4 is 44.8 Å². The molecular weight excluding hydrogens is 352 g/mol. The summed E-state index contributed by atoms with van der Waals surface area (Å²) in [6.07, 6.45) is 3.36. The molecule has 0 aliphatic heterocycles. The van der Waals surface area contributed by atoms with E-state index in [1.54, 1.807) is 24.5 Å². The number of H-pyrrole nitrogens is 1. The van der Waals surface area contributed by atoms with Crippen molar-refractivity contribution in [3.8, 4) is 10.6 Å². The van der Waals surface area contributed by atoms with Gasteiger partial charge in [0.1, 0.15) is 10.8 Å². The predicted octanol–water partition coefficient (Wildman–Crippen LogP) is 2.12. The van der Waals surface area contributed by atoms with Crippen LogP contribution in [0.4, 0.5) is 16.6 Å². The minimum atomic E-state index is -0.302. The number of anilines is 3. The van der Waals surface area contributed by atoms with Gasteiger partial charge in [-0.25, -0.2) is 4.98 Å². The Hall–Kier alpha value is -3.37. The van der Waals surface area contributed by atoms with E-state index in [2.05, 4.69) is 36.0 Å². The van der Waals surface area contributed by atoms with Gasteiger partial charge in [0.25, 0.3) is 0 Å². The maximum absolute atomic E-state index is 11.4. The van der Waals surface area contributed by atoms with Gasteiger partial charge in [-0.3, -0.25) is 9.89 Å². The smallest absolute Gasteiger partial charge is 0.239 e. The highest BCUT2D eigenvalue weighted by Gasteiger charge is 2.09. The van der Waals surface area contributed by atoms with Crippen molar-refractivity contribution in [3.63, 3.8) is 0 Å². The molecule has 0 spiro atoms. The molecule has 0 saturated carbocycles. The minimum Gasteiger partial charge on any atom is -0.330 e. The Morgan fingerprint density at radius 2 is 2.15 bits per heavy atom. The number of hydrogen-bond donors (Lipinski definition) is 4. The molecule has 0 aliphatic carbocycles. The lowest BCUT2D eigenvalue weighted by molar-refractivity contribution is -0.114. The largest absolute Gasteiger partial charge is 0.330 e. The number of carbonyl (C=O) groups excluding carboxylic acids is 1. The zero-order chi connectivity index (χ0) is 17.9. The number of amides is 1. The van der Waals surface area contributed by atoms with Crippen molar-refractivity contribution in [2.45, 2.75) is 0 Å². The maximum Gasteiger partial charge on any atom is 0.239 e. The lowest BCUT2D eigenvalue weighted by Gasteiger charge is -2.03. The van der Waals surface area contributed by atoms with Crippen LogP contribution in [0.2, 0.25) is 0 Å². The molecule has 9 nitrogen and oxygen atoms in total. The lowest BCUT2D eigenvalue weighted by Crippen LogP contribution is -2.22. The molecule has 4 rings (SSSR count). The third-order valence-electron chi connectivity index (χ3n) is 3.58. The summed E-state index contributed by atoms with van der Waals surface area (Å²) in [5, 5.41) is 23.5. The summed E-state index contributed by atoms with van der Waals surface area (Å²) in [4.78, 5) is 15.5. The van der Waals surface area contributed by atoms with E-state index >= 15 is 0 Å². The molecule has 3 aromatic heterocycles. The van der Waals surface area contributed by atoms with Gasteiger partial charge in [-0.05, 0) is 30.3 Å². The van der Waals surface area contributed by atoms with Crippen molar-refractivity contribution in [1.82, 2.24) is 25.4 Å². The Kier molecular flexibility index (Phi) is 4.25. The first-order valence-electron chi connectivity index (χ1n) is 7.71. The van der Waals surface area contributed by atoms with Crippen LogP contribution in [0, 0.1) is 0 Å². The number of carbonyl (C=O) groups is 1. The molecule has 0 saturated heterocycles. The second-order valence-corrected chi connectivity index (χ2v) is 6.37. The lowest BCUT2D eigenvalue weighted by atomic mass is 10.2. The minimum absolute atomic E-state index is 0.0974. The summed E-state index contributed by atoms with van der Waals surface area (Å²) in [5.74, 6) is 0.122. The van der Waals surface area contributed by atoms with Gasteiger partial charge in [0.05, 0.1) is 18.3 Å². The molecule has 0 fully saturated rings. The quantitative estimate of drug-likeness (QED) is 0.425. The first-order chi connectivity index (χ1) is 12.7. The molecule has 5 N–H and O–H groups in total. The molecule has 0 unspecified atom stereocenters. The van der Waals surface area contributed by atoms with Crippen LogP contribution < -0.4 is 16.4 Å². The Balaban J connectivity index is 1.54. The van der Waals surface area contributed by atoms with Crippen molar-refractivity contribution in [3.05, 3.63) is 42.7 Å². The van der Waals surface area contributed by atoms with Crippen LogP contribution in [0.1, 0.15) is 0 Å². The molecule has 0 atom stereocenters. The topological polar surface area (TPSA) is 134 Å². The monoisotopic (exact) mass is 366 g/mol. The number of aromatic nitrogens is 5. The highest BCUT2D eigenvalue weighted by atomic mass is 32.1. The van der Waals surface area contributed by atoms with Gasteiger partial charge >= 0.3 is 0 Å². The molecule has 4 aromatic rings. The van der Waals surface area contributed by atoms with E-state index in [9.17, 15) is 4.79 Å². The highest BCUT2D eigenvalue weighted by molar-refractivity contribution is 7.18. The molecule has 3 heterocycles. The van der Waals surface area contributed by atoms with Gasteiger partial charge in [0, 0.05) is 22.8 Å². The molecular formula is C16H14N8OS. The number of benzene rings is 1. The van der Waals surface area contributed by atoms with Crippen molar-refractivity contribution in [2.24, 2.45) is 5.73 Å². The molecule has 0 bridgehead atoms. The van der Waals surface area contributed by atoms with E-state index in [0.717, 1.165) is 22.2 Å². The first-order valence-corrected chi connectivity index (χ1v) is 8.53. The van der Waals surface area contributed by atoms with Crippen LogP contribution in [0.3, 0.4) is 0 Å². The van der Waals surface area contributed by atoms with E-state index in [4.69, 9.17) is 5.73 Å². The molecule has 130 valence electrons. The number of aromatic amines is 1. The molecule has 10 heteroatoms. The molecule has 1 amide bonds. The number of fused-ring (bicyclic) bond motifs is 1. The van der Waals surface area contributed by atoms with Gasteiger partial charge in [-0.2, -0.15) is 5.10 Å². The Morgan fingerprint density at radius 3 is 3.04 bits per heavy atom. The second kappa shape index (κ2) is 6.86. The third-order valence-corrected chi connectivity index (χ3v) is 4.46. The van der Waals surface area contributed by atoms with Crippen molar-refractivity contribution in [2.75, 3.05) is 17.2 Å². The number of rotatable bonds is 5. The summed E-state index contributed by atoms with van der Waals surface area (Å²) in [6, 6.07) is 9.40. The Bertz CT molecular complexity index is 1070. The third kappa shape index (κ3) is 3.36. The Morgan fingerprint density at radius 1 is 1.23 bits per heavy atom. The normalized spacial score (nSPS) is 10.8. The zero-order valence-electron chi connectivity index (χ0n) is 13.4. The number of nitrogens with two attached hydrogens (primary N) is 1. The van der Waals surface area contributed by atoms with Crippen LogP contribution in [0.15, 0.2) is 42.7 Å². The van der Waals surface area contributed by atoms with Gasteiger partial charge in [0.2, 0.25) is 11.0 Å². The fraction of sp³-hybridized carbons (Fsp3) is 0.0625. The average Bonchev–Trinajstić information content (AvgIpc) is 3.31. The fourth-order valence-corrected chi connectivity index (χ4v) is 3.12. The first kappa shape index (κ1) is 16.1. The SMILES string of the molecule is NCC(=O)Nc1cc(-c2nnc(Nc3ccc4[nH]ncc4c3)s2)ccn1. The standard InChI is InChI=1S/C16H14N8OS/c17-7-14(25)21-13-6-9(3-4-18-13)15-23-24-16(26-15)20-11-1-2-12-10(5-11)8-19-22-12/h1-6,8H,7,17H2,(H,19,22)(H,20,24)(H,18,21,25). The van der Waals surface area contributed by atoms with Crippen LogP contribution >= 0.6 is 11.3 Å². The number of hydrogen-bond acceptors (Lipinski definition) is 8. The number of nitrogens with zero attached hydrogens (tertiary/aromatic N) is 4. The fourth-order valence-electron chi connectivity index (χ4n) is 2.36. The van der Waals surface area contributed by atoms with E-state index in [0.29, 0.717) is 16.0 Å². The molecule has 26 heavy (non-hydrogen) atoms. The second-order valence-electron chi connectivity index (χ2n) is 5.39. The predicted molar refractivity (Wildman–Crippen MR) is 100 cm³/mol. The van der Waals surface area contributed by atoms with Crippen molar-refractivity contribution < 1.29 is 4.79 Å².